The summed E-state index contributed by atoms with van der Waals surface area (Å²) in [5, 5.41) is 2.97. The van der Waals surface area contributed by atoms with Gasteiger partial charge in [-0.05, 0) is 73.3 Å². The molecule has 1 N–H and O–H groups in total. The van der Waals surface area contributed by atoms with E-state index in [0.29, 0.717) is 23.1 Å². The minimum atomic E-state index is -0.316. The lowest BCUT2D eigenvalue weighted by Gasteiger charge is -2.37. The van der Waals surface area contributed by atoms with Gasteiger partial charge in [-0.2, -0.15) is 0 Å². The van der Waals surface area contributed by atoms with Crippen molar-refractivity contribution in [3.05, 3.63) is 71.3 Å². The molecule has 3 amide bonds. The first kappa shape index (κ1) is 18.6. The van der Waals surface area contributed by atoms with E-state index in [1.807, 2.05) is 32.0 Å². The lowest BCUT2D eigenvalue weighted by molar-refractivity contribution is -0.124. The van der Waals surface area contributed by atoms with Gasteiger partial charge in [-0.3, -0.25) is 14.4 Å². The number of carbonyl (C=O) groups excluding carboxylic acids is 3. The SMILES string of the molecule is Cc1cccc(NC(=O)c2ccccc2N2C(=O)[C@@H]3[C@H]4C=C[C@@H]([C@@H]5C[C@@H]45)[C@H]3C2=O)c1C. The van der Waals surface area contributed by atoms with Gasteiger partial charge in [-0.1, -0.05) is 36.4 Å². The second-order valence-electron chi connectivity index (χ2n) is 9.39. The van der Waals surface area contributed by atoms with E-state index < -0.39 is 0 Å². The zero-order chi connectivity index (χ0) is 21.4. The highest BCUT2D eigenvalue weighted by Gasteiger charge is 2.67. The van der Waals surface area contributed by atoms with E-state index >= 15 is 0 Å². The molecular weight excluding hydrogens is 388 g/mol. The molecule has 7 rings (SSSR count). The first-order chi connectivity index (χ1) is 15.0. The number of anilines is 2. The fourth-order valence-electron chi connectivity index (χ4n) is 6.13. The molecule has 5 aliphatic rings. The Bertz CT molecular complexity index is 1150. The van der Waals surface area contributed by atoms with Gasteiger partial charge < -0.3 is 5.32 Å². The van der Waals surface area contributed by atoms with Crippen molar-refractivity contribution >= 4 is 29.1 Å². The largest absolute Gasteiger partial charge is 0.322 e. The molecule has 0 spiro atoms. The lowest BCUT2D eigenvalue weighted by Crippen LogP contribution is -2.40. The smallest absolute Gasteiger partial charge is 0.257 e. The molecule has 1 heterocycles. The van der Waals surface area contributed by atoms with Crippen LogP contribution in [0.3, 0.4) is 0 Å². The number of nitrogens with zero attached hydrogens (tertiary/aromatic N) is 1. The molecule has 5 nitrogen and oxygen atoms in total. The fraction of sp³-hybridized carbons (Fsp3) is 0.346. The van der Waals surface area contributed by atoms with Gasteiger partial charge in [0.15, 0.2) is 0 Å². The van der Waals surface area contributed by atoms with Crippen molar-refractivity contribution in [1.29, 1.82) is 0 Å². The molecule has 4 aliphatic carbocycles. The van der Waals surface area contributed by atoms with Crippen LogP contribution in [0, 0.1) is 49.4 Å². The third-order valence-corrected chi connectivity index (χ3v) is 7.91. The first-order valence-corrected chi connectivity index (χ1v) is 11.0. The van der Waals surface area contributed by atoms with E-state index in [4.69, 9.17) is 0 Å². The highest BCUT2D eigenvalue weighted by Crippen LogP contribution is 2.65. The van der Waals surface area contributed by atoms with Crippen LogP contribution in [0.5, 0.6) is 0 Å². The minimum Gasteiger partial charge on any atom is -0.322 e. The van der Waals surface area contributed by atoms with Crippen molar-refractivity contribution < 1.29 is 14.4 Å². The van der Waals surface area contributed by atoms with Crippen LogP contribution in [0.25, 0.3) is 0 Å². The van der Waals surface area contributed by atoms with Crippen molar-refractivity contribution in [2.45, 2.75) is 20.3 Å². The van der Waals surface area contributed by atoms with E-state index in [1.54, 1.807) is 24.3 Å². The van der Waals surface area contributed by atoms with Crippen molar-refractivity contribution in [3.8, 4) is 0 Å². The first-order valence-electron chi connectivity index (χ1n) is 11.0. The zero-order valence-electron chi connectivity index (χ0n) is 17.5. The summed E-state index contributed by atoms with van der Waals surface area (Å²) in [4.78, 5) is 41.5. The van der Waals surface area contributed by atoms with Gasteiger partial charge in [0.2, 0.25) is 11.8 Å². The molecule has 2 bridgehead atoms. The summed E-state index contributed by atoms with van der Waals surface area (Å²) >= 11 is 0. The Morgan fingerprint density at radius 1 is 0.903 bits per heavy atom. The predicted molar refractivity (Wildman–Crippen MR) is 118 cm³/mol. The summed E-state index contributed by atoms with van der Waals surface area (Å²) < 4.78 is 0. The number of allylic oxidation sites excluding steroid dienone is 2. The van der Waals surface area contributed by atoms with Crippen molar-refractivity contribution in [2.24, 2.45) is 35.5 Å². The maximum Gasteiger partial charge on any atom is 0.257 e. The lowest BCUT2D eigenvalue weighted by atomic mass is 9.63. The summed E-state index contributed by atoms with van der Waals surface area (Å²) in [7, 11) is 0. The summed E-state index contributed by atoms with van der Waals surface area (Å²) in [5.74, 6) is 0.270. The highest BCUT2D eigenvalue weighted by atomic mass is 16.2. The van der Waals surface area contributed by atoms with Gasteiger partial charge in [0.1, 0.15) is 0 Å². The monoisotopic (exact) mass is 412 g/mol. The average molecular weight is 412 g/mol. The highest BCUT2D eigenvalue weighted by molar-refractivity contribution is 6.25. The van der Waals surface area contributed by atoms with E-state index in [0.717, 1.165) is 23.2 Å². The molecule has 0 aromatic heterocycles. The number of aryl methyl sites for hydroxylation is 1. The van der Waals surface area contributed by atoms with Gasteiger partial charge in [0.05, 0.1) is 23.1 Å². The van der Waals surface area contributed by atoms with Crippen LogP contribution in [-0.2, 0) is 9.59 Å². The Balaban J connectivity index is 1.35. The second-order valence-corrected chi connectivity index (χ2v) is 9.39. The Morgan fingerprint density at radius 2 is 1.55 bits per heavy atom. The quantitative estimate of drug-likeness (QED) is 0.609. The predicted octanol–water partition coefficient (Wildman–Crippen LogP) is 4.11. The van der Waals surface area contributed by atoms with Crippen molar-refractivity contribution in [1.82, 2.24) is 0 Å². The fourth-order valence-corrected chi connectivity index (χ4v) is 6.13. The molecule has 2 saturated carbocycles. The summed E-state index contributed by atoms with van der Waals surface area (Å²) in [6.07, 6.45) is 5.45. The maximum atomic E-state index is 13.5. The van der Waals surface area contributed by atoms with Gasteiger partial charge in [-0.25, -0.2) is 4.90 Å². The zero-order valence-corrected chi connectivity index (χ0v) is 17.5. The molecule has 5 heteroatoms. The minimum absolute atomic E-state index is 0.147. The second kappa shape index (κ2) is 6.39. The number of imide groups is 1. The van der Waals surface area contributed by atoms with Crippen molar-refractivity contribution in [3.63, 3.8) is 0 Å². The molecule has 6 atom stereocenters. The van der Waals surface area contributed by atoms with E-state index in [2.05, 4.69) is 17.5 Å². The van der Waals surface area contributed by atoms with Crippen LogP contribution in [0.2, 0.25) is 0 Å². The summed E-state index contributed by atoms with van der Waals surface area (Å²) in [6, 6.07) is 12.7. The Hall–Kier alpha value is -3.21. The number of hydrogen-bond donors (Lipinski definition) is 1. The molecule has 0 radical (unpaired) electrons. The molecule has 2 aromatic rings. The molecule has 31 heavy (non-hydrogen) atoms. The van der Waals surface area contributed by atoms with Crippen LogP contribution in [0.1, 0.15) is 27.9 Å². The molecule has 1 saturated heterocycles. The Morgan fingerprint density at radius 3 is 2.23 bits per heavy atom. The van der Waals surface area contributed by atoms with Crippen molar-refractivity contribution in [2.75, 3.05) is 10.2 Å². The third kappa shape index (κ3) is 2.52. The number of amides is 3. The normalized spacial score (nSPS) is 32.1. The van der Waals surface area contributed by atoms with Crippen LogP contribution in [0.15, 0.2) is 54.6 Å². The number of benzene rings is 2. The number of nitrogens with one attached hydrogen (secondary N) is 1. The van der Waals surface area contributed by atoms with E-state index in [-0.39, 0.29) is 41.4 Å². The maximum absolute atomic E-state index is 13.5. The summed E-state index contributed by atoms with van der Waals surface area (Å²) in [5.41, 5.74) is 3.54. The van der Waals surface area contributed by atoms with E-state index in [9.17, 15) is 14.4 Å². The molecular formula is C26H24N2O3. The van der Waals surface area contributed by atoms with Crippen LogP contribution >= 0.6 is 0 Å². The number of rotatable bonds is 3. The molecule has 1 aliphatic heterocycles. The van der Waals surface area contributed by atoms with E-state index in [1.165, 1.54) is 4.90 Å². The van der Waals surface area contributed by atoms with Crippen LogP contribution in [0.4, 0.5) is 11.4 Å². The number of para-hydroxylation sites is 1. The van der Waals surface area contributed by atoms with Gasteiger partial charge in [0.25, 0.3) is 5.91 Å². The van der Waals surface area contributed by atoms with Crippen LogP contribution in [-0.4, -0.2) is 17.7 Å². The van der Waals surface area contributed by atoms with Gasteiger partial charge in [0, 0.05) is 5.69 Å². The molecule has 0 unspecified atom stereocenters. The molecule has 3 fully saturated rings. The topological polar surface area (TPSA) is 66.5 Å². The summed E-state index contributed by atoms with van der Waals surface area (Å²) in [6.45, 7) is 3.96. The molecule has 2 aromatic carbocycles. The van der Waals surface area contributed by atoms with Gasteiger partial charge in [-0.15, -0.1) is 0 Å². The Labute approximate surface area is 181 Å². The van der Waals surface area contributed by atoms with Gasteiger partial charge >= 0.3 is 0 Å². The standard InChI is InChI=1S/C26H24N2O3/c1-13-6-5-8-20(14(13)2)27-24(29)17-7-3-4-9-21(17)28-25(30)22-15-10-11-16(19-12-18(15)19)23(22)26(28)31/h3-11,15-16,18-19,22-23H,12H2,1-2H3,(H,27,29)/t15-,16-,18-,19-,22+,23+/m0/s1. The number of carbonyl (C=O) groups is 3. The van der Waals surface area contributed by atoms with Crippen LogP contribution < -0.4 is 10.2 Å². The molecule has 156 valence electrons. The Kier molecular flexibility index (Phi) is 3.83. The average Bonchev–Trinajstić information content (AvgIpc) is 3.55. The third-order valence-electron chi connectivity index (χ3n) is 7.91. The number of hydrogen-bond acceptors (Lipinski definition) is 3.